The minimum atomic E-state index is 0.701. The zero-order valence-corrected chi connectivity index (χ0v) is 11.6. The molecule has 1 aromatic rings. The molecule has 2 atom stereocenters. The van der Waals surface area contributed by atoms with E-state index in [0.717, 1.165) is 18.1 Å². The fourth-order valence-corrected chi connectivity index (χ4v) is 3.09. The van der Waals surface area contributed by atoms with E-state index in [9.17, 15) is 0 Å². The zero-order chi connectivity index (χ0) is 12.8. The summed E-state index contributed by atoms with van der Waals surface area (Å²) in [7, 11) is 3.86. The van der Waals surface area contributed by atoms with Gasteiger partial charge in [0.1, 0.15) is 5.75 Å². The second-order valence-electron chi connectivity index (χ2n) is 5.39. The Balaban J connectivity index is 2.02. The molecule has 2 heteroatoms. The second-order valence-corrected chi connectivity index (χ2v) is 5.39. The van der Waals surface area contributed by atoms with Crippen LogP contribution in [-0.4, -0.2) is 20.2 Å². The van der Waals surface area contributed by atoms with Gasteiger partial charge >= 0.3 is 0 Å². The smallest absolute Gasteiger partial charge is 0.122 e. The number of ether oxygens (including phenoxy) is 1. The van der Waals surface area contributed by atoms with Crippen molar-refractivity contribution in [3.05, 3.63) is 29.8 Å². The van der Waals surface area contributed by atoms with Crippen LogP contribution >= 0.6 is 0 Å². The van der Waals surface area contributed by atoms with Gasteiger partial charge in [-0.2, -0.15) is 0 Å². The summed E-state index contributed by atoms with van der Waals surface area (Å²) >= 11 is 0. The van der Waals surface area contributed by atoms with E-state index in [0.29, 0.717) is 6.04 Å². The van der Waals surface area contributed by atoms with E-state index in [1.165, 1.54) is 37.7 Å². The first-order valence-corrected chi connectivity index (χ1v) is 7.12. The minimum absolute atomic E-state index is 0.701. The van der Waals surface area contributed by atoms with Gasteiger partial charge in [-0.25, -0.2) is 0 Å². The third kappa shape index (κ3) is 3.49. The highest BCUT2D eigenvalue weighted by molar-refractivity contribution is 5.33. The lowest BCUT2D eigenvalue weighted by molar-refractivity contribution is 0.381. The van der Waals surface area contributed by atoms with Crippen LogP contribution in [0.25, 0.3) is 0 Å². The molecule has 0 saturated heterocycles. The third-order valence-corrected chi connectivity index (χ3v) is 4.14. The number of rotatable bonds is 4. The summed E-state index contributed by atoms with van der Waals surface area (Å²) in [6.45, 7) is 0. The summed E-state index contributed by atoms with van der Waals surface area (Å²) in [5, 5.41) is 3.46. The minimum Gasteiger partial charge on any atom is -0.496 e. The fourth-order valence-electron chi connectivity index (χ4n) is 3.09. The fraction of sp³-hybridized carbons (Fsp3) is 0.625. The molecule has 1 fully saturated rings. The van der Waals surface area contributed by atoms with Crippen molar-refractivity contribution >= 4 is 0 Å². The molecule has 0 spiro atoms. The van der Waals surface area contributed by atoms with E-state index >= 15 is 0 Å². The van der Waals surface area contributed by atoms with Crippen LogP contribution in [0.4, 0.5) is 0 Å². The molecule has 2 nitrogen and oxygen atoms in total. The molecule has 100 valence electrons. The van der Waals surface area contributed by atoms with Gasteiger partial charge in [0, 0.05) is 6.04 Å². The lowest BCUT2D eigenvalue weighted by Gasteiger charge is -2.20. The van der Waals surface area contributed by atoms with Gasteiger partial charge in [0.2, 0.25) is 0 Å². The first-order chi connectivity index (χ1) is 8.83. The largest absolute Gasteiger partial charge is 0.496 e. The van der Waals surface area contributed by atoms with E-state index < -0.39 is 0 Å². The number of hydrogen-bond donors (Lipinski definition) is 1. The van der Waals surface area contributed by atoms with E-state index in [4.69, 9.17) is 4.74 Å². The molecule has 2 unspecified atom stereocenters. The second kappa shape index (κ2) is 6.79. The molecule has 0 aliphatic heterocycles. The Hall–Kier alpha value is -1.02. The molecular weight excluding hydrogens is 222 g/mol. The molecule has 18 heavy (non-hydrogen) atoms. The molecule has 0 amide bonds. The number of para-hydroxylation sites is 1. The summed E-state index contributed by atoms with van der Waals surface area (Å²) in [6, 6.07) is 9.14. The van der Waals surface area contributed by atoms with Crippen LogP contribution in [0.1, 0.15) is 37.7 Å². The molecule has 0 heterocycles. The summed E-state index contributed by atoms with van der Waals surface area (Å²) in [6.07, 6.45) is 7.89. The Bertz CT molecular complexity index is 364. The lowest BCUT2D eigenvalue weighted by Crippen LogP contribution is -2.26. The normalized spacial score (nSPS) is 24.6. The topological polar surface area (TPSA) is 21.3 Å². The van der Waals surface area contributed by atoms with Crippen LogP contribution in [0.3, 0.4) is 0 Å². The van der Waals surface area contributed by atoms with Crippen LogP contribution in [-0.2, 0) is 6.42 Å². The van der Waals surface area contributed by atoms with Gasteiger partial charge in [-0.1, -0.05) is 37.5 Å². The summed E-state index contributed by atoms with van der Waals surface area (Å²) in [4.78, 5) is 0. The van der Waals surface area contributed by atoms with Crippen LogP contribution < -0.4 is 10.1 Å². The average Bonchev–Trinajstić information content (AvgIpc) is 2.64. The molecule has 0 aromatic heterocycles. The van der Waals surface area contributed by atoms with E-state index in [2.05, 4.69) is 30.6 Å². The van der Waals surface area contributed by atoms with Crippen molar-refractivity contribution < 1.29 is 4.74 Å². The first-order valence-electron chi connectivity index (χ1n) is 7.12. The van der Waals surface area contributed by atoms with Gasteiger partial charge in [0.05, 0.1) is 7.11 Å². The number of hydrogen-bond acceptors (Lipinski definition) is 2. The van der Waals surface area contributed by atoms with Crippen LogP contribution in [0, 0.1) is 5.92 Å². The Kier molecular flexibility index (Phi) is 5.06. The zero-order valence-electron chi connectivity index (χ0n) is 11.6. The van der Waals surface area contributed by atoms with Gasteiger partial charge in [-0.3, -0.25) is 0 Å². The van der Waals surface area contributed by atoms with Gasteiger partial charge in [0.15, 0.2) is 0 Å². The third-order valence-electron chi connectivity index (χ3n) is 4.14. The number of benzene rings is 1. The van der Waals surface area contributed by atoms with Gasteiger partial charge < -0.3 is 10.1 Å². The van der Waals surface area contributed by atoms with Crippen molar-refractivity contribution in [2.45, 2.75) is 44.6 Å². The molecule has 1 aromatic carbocycles. The number of methoxy groups -OCH3 is 1. The quantitative estimate of drug-likeness (QED) is 0.823. The standard InChI is InChI=1S/C16H25NO/c1-17-15-9-5-3-7-13(12-15)11-14-8-4-6-10-16(14)18-2/h4,6,8,10,13,15,17H,3,5,7,9,11-12H2,1-2H3. The highest BCUT2D eigenvalue weighted by Gasteiger charge is 2.20. The van der Waals surface area contributed by atoms with Crippen LogP contribution in [0.5, 0.6) is 5.75 Å². The average molecular weight is 247 g/mol. The van der Waals surface area contributed by atoms with Crippen molar-refractivity contribution in [1.82, 2.24) is 5.32 Å². The molecule has 1 N–H and O–H groups in total. The van der Waals surface area contributed by atoms with E-state index in [1.54, 1.807) is 7.11 Å². The molecule has 2 rings (SSSR count). The molecule has 0 radical (unpaired) electrons. The predicted octanol–water partition coefficient (Wildman–Crippen LogP) is 3.41. The van der Waals surface area contributed by atoms with Crippen LogP contribution in [0.2, 0.25) is 0 Å². The summed E-state index contributed by atoms with van der Waals surface area (Å²) in [5.41, 5.74) is 1.36. The summed E-state index contributed by atoms with van der Waals surface area (Å²) in [5.74, 6) is 1.84. The van der Waals surface area contributed by atoms with Gasteiger partial charge in [-0.05, 0) is 43.9 Å². The maximum Gasteiger partial charge on any atom is 0.122 e. The molecule has 1 saturated carbocycles. The van der Waals surface area contributed by atoms with Gasteiger partial charge in [0.25, 0.3) is 0 Å². The van der Waals surface area contributed by atoms with Crippen LogP contribution in [0.15, 0.2) is 24.3 Å². The molecule has 1 aliphatic carbocycles. The Morgan fingerprint density at radius 3 is 2.78 bits per heavy atom. The SMILES string of the molecule is CNC1CCCCC(Cc2ccccc2OC)C1. The maximum absolute atomic E-state index is 5.46. The van der Waals surface area contributed by atoms with Crippen molar-refractivity contribution in [3.8, 4) is 5.75 Å². The molecule has 0 bridgehead atoms. The predicted molar refractivity (Wildman–Crippen MR) is 76.1 cm³/mol. The van der Waals surface area contributed by atoms with E-state index in [1.807, 2.05) is 6.07 Å². The van der Waals surface area contributed by atoms with Crippen molar-refractivity contribution in [1.29, 1.82) is 0 Å². The highest BCUT2D eigenvalue weighted by Crippen LogP contribution is 2.29. The summed E-state index contributed by atoms with van der Waals surface area (Å²) < 4.78 is 5.46. The molecular formula is C16H25NO. The van der Waals surface area contributed by atoms with E-state index in [-0.39, 0.29) is 0 Å². The molecule has 1 aliphatic rings. The Morgan fingerprint density at radius 1 is 1.22 bits per heavy atom. The first kappa shape index (κ1) is 13.4. The van der Waals surface area contributed by atoms with Gasteiger partial charge in [-0.15, -0.1) is 0 Å². The Morgan fingerprint density at radius 2 is 2.00 bits per heavy atom. The monoisotopic (exact) mass is 247 g/mol. The van der Waals surface area contributed by atoms with Crippen molar-refractivity contribution in [2.24, 2.45) is 5.92 Å². The Labute approximate surface area is 111 Å². The van der Waals surface area contributed by atoms with Crippen molar-refractivity contribution in [3.63, 3.8) is 0 Å². The maximum atomic E-state index is 5.46. The lowest BCUT2D eigenvalue weighted by atomic mass is 9.90. The number of nitrogens with one attached hydrogen (secondary N) is 1. The van der Waals surface area contributed by atoms with Crippen molar-refractivity contribution in [2.75, 3.05) is 14.2 Å². The highest BCUT2D eigenvalue weighted by atomic mass is 16.5.